The zero-order valence-electron chi connectivity index (χ0n) is 11.1. The minimum Gasteiger partial charge on any atom is -0.339 e. The van der Waals surface area contributed by atoms with Crippen molar-refractivity contribution in [3.8, 4) is 0 Å². The molecule has 0 aliphatic heterocycles. The van der Waals surface area contributed by atoms with Crippen molar-refractivity contribution in [1.29, 1.82) is 0 Å². The highest BCUT2D eigenvalue weighted by Gasteiger charge is 2.14. The van der Waals surface area contributed by atoms with Gasteiger partial charge >= 0.3 is 0 Å². The molecule has 0 aliphatic carbocycles. The summed E-state index contributed by atoms with van der Waals surface area (Å²) in [7, 11) is 0. The number of hydrogen-bond donors (Lipinski definition) is 1. The van der Waals surface area contributed by atoms with Crippen molar-refractivity contribution in [2.75, 3.05) is 11.6 Å². The van der Waals surface area contributed by atoms with E-state index in [-0.39, 0.29) is 5.92 Å². The monoisotopic (exact) mass is 293 g/mol. The zero-order valence-corrected chi connectivity index (χ0v) is 12.7. The summed E-state index contributed by atoms with van der Waals surface area (Å²) >= 11 is 7.86. The van der Waals surface area contributed by atoms with Gasteiger partial charge in [-0.05, 0) is 24.3 Å². The molecule has 5 heteroatoms. The second-order valence-corrected chi connectivity index (χ2v) is 5.61. The quantitative estimate of drug-likeness (QED) is 0.654. The van der Waals surface area contributed by atoms with E-state index in [9.17, 15) is 0 Å². The molecule has 2 aromatic rings. The first-order valence-electron chi connectivity index (χ1n) is 6.04. The Balaban J connectivity index is 2.41. The van der Waals surface area contributed by atoms with Crippen LogP contribution in [0.2, 0.25) is 5.15 Å². The molecule has 1 aromatic heterocycles. The van der Waals surface area contributed by atoms with Crippen LogP contribution in [0.1, 0.15) is 25.3 Å². The van der Waals surface area contributed by atoms with Crippen molar-refractivity contribution < 1.29 is 0 Å². The van der Waals surface area contributed by atoms with Crippen LogP contribution in [0.25, 0.3) is 0 Å². The highest BCUT2D eigenvalue weighted by Crippen LogP contribution is 2.32. The normalized spacial score (nSPS) is 10.8. The molecule has 0 atom stereocenters. The number of hydrogen-bond acceptors (Lipinski definition) is 4. The van der Waals surface area contributed by atoms with Crippen LogP contribution in [0.3, 0.4) is 0 Å². The number of rotatable bonds is 4. The molecule has 0 unspecified atom stereocenters. The van der Waals surface area contributed by atoms with Crippen LogP contribution in [0.15, 0.2) is 35.5 Å². The van der Waals surface area contributed by atoms with Crippen molar-refractivity contribution >= 4 is 34.9 Å². The molecule has 0 bridgehead atoms. The summed E-state index contributed by atoms with van der Waals surface area (Å²) in [4.78, 5) is 9.54. The van der Waals surface area contributed by atoms with Crippen molar-refractivity contribution in [1.82, 2.24) is 9.97 Å². The predicted molar refractivity (Wildman–Crippen MR) is 82.6 cm³/mol. The van der Waals surface area contributed by atoms with Gasteiger partial charge in [0.2, 0.25) is 0 Å². The lowest BCUT2D eigenvalue weighted by Gasteiger charge is -2.15. The van der Waals surface area contributed by atoms with E-state index in [1.807, 2.05) is 18.2 Å². The fourth-order valence-electron chi connectivity index (χ4n) is 1.86. The third-order valence-electron chi connectivity index (χ3n) is 2.77. The third kappa shape index (κ3) is 3.19. The molecule has 0 fully saturated rings. The third-order valence-corrected chi connectivity index (χ3v) is 3.87. The minimum atomic E-state index is 0.262. The lowest BCUT2D eigenvalue weighted by atomic mass is 10.1. The van der Waals surface area contributed by atoms with Crippen molar-refractivity contribution in [3.05, 3.63) is 41.3 Å². The summed E-state index contributed by atoms with van der Waals surface area (Å²) in [5.74, 6) is 1.04. The first kappa shape index (κ1) is 14.2. The van der Waals surface area contributed by atoms with E-state index in [0.717, 1.165) is 17.1 Å². The Morgan fingerprint density at radius 1 is 1.21 bits per heavy atom. The molecule has 0 radical (unpaired) electrons. The first-order valence-corrected chi connectivity index (χ1v) is 7.64. The summed E-state index contributed by atoms with van der Waals surface area (Å²) in [5.41, 5.74) is 1.98. The number of anilines is 2. The number of aromatic nitrogens is 2. The fourth-order valence-corrected chi connectivity index (χ4v) is 2.77. The second kappa shape index (κ2) is 6.26. The van der Waals surface area contributed by atoms with E-state index in [4.69, 9.17) is 11.6 Å². The summed E-state index contributed by atoms with van der Waals surface area (Å²) in [6, 6.07) is 8.13. The van der Waals surface area contributed by atoms with E-state index in [0.29, 0.717) is 5.15 Å². The molecule has 19 heavy (non-hydrogen) atoms. The molecular formula is C14H16ClN3S. The molecule has 3 nitrogen and oxygen atoms in total. The van der Waals surface area contributed by atoms with Gasteiger partial charge in [-0.2, -0.15) is 0 Å². The van der Waals surface area contributed by atoms with Crippen LogP contribution in [-0.4, -0.2) is 16.2 Å². The fraction of sp³-hybridized carbons (Fsp3) is 0.286. The van der Waals surface area contributed by atoms with Crippen molar-refractivity contribution in [2.24, 2.45) is 0 Å². The molecule has 1 heterocycles. The van der Waals surface area contributed by atoms with Gasteiger partial charge in [-0.15, -0.1) is 11.8 Å². The van der Waals surface area contributed by atoms with Crippen LogP contribution in [0.5, 0.6) is 0 Å². The molecule has 0 spiro atoms. The van der Waals surface area contributed by atoms with Gasteiger partial charge < -0.3 is 5.32 Å². The van der Waals surface area contributed by atoms with Gasteiger partial charge in [0.25, 0.3) is 0 Å². The van der Waals surface area contributed by atoms with Gasteiger partial charge in [0.1, 0.15) is 17.3 Å². The Bertz CT molecular complexity index is 572. The molecule has 0 saturated carbocycles. The smallest absolute Gasteiger partial charge is 0.138 e. The minimum absolute atomic E-state index is 0.262. The lowest BCUT2D eigenvalue weighted by molar-refractivity contribution is 0.850. The van der Waals surface area contributed by atoms with E-state index >= 15 is 0 Å². The maximum atomic E-state index is 6.17. The van der Waals surface area contributed by atoms with E-state index < -0.39 is 0 Å². The van der Waals surface area contributed by atoms with Gasteiger partial charge in [-0.25, -0.2) is 9.97 Å². The van der Waals surface area contributed by atoms with Gasteiger partial charge in [0.05, 0.1) is 5.69 Å². The number of nitrogens with zero attached hydrogens (tertiary/aromatic N) is 2. The number of benzene rings is 1. The summed E-state index contributed by atoms with van der Waals surface area (Å²) in [6.07, 6.45) is 3.54. The van der Waals surface area contributed by atoms with Crippen LogP contribution in [0.4, 0.5) is 11.5 Å². The largest absolute Gasteiger partial charge is 0.339 e. The summed E-state index contributed by atoms with van der Waals surface area (Å²) in [5, 5.41) is 3.87. The van der Waals surface area contributed by atoms with Crippen molar-refractivity contribution in [3.63, 3.8) is 0 Å². The number of para-hydroxylation sites is 1. The second-order valence-electron chi connectivity index (χ2n) is 4.41. The molecule has 0 saturated heterocycles. The van der Waals surface area contributed by atoms with E-state index in [1.165, 1.54) is 11.2 Å². The maximum absolute atomic E-state index is 6.17. The Labute approximate surface area is 122 Å². The highest BCUT2D eigenvalue weighted by atomic mass is 35.5. The van der Waals surface area contributed by atoms with Gasteiger partial charge in [-0.3, -0.25) is 0 Å². The predicted octanol–water partition coefficient (Wildman–Crippen LogP) is 4.72. The van der Waals surface area contributed by atoms with E-state index in [1.54, 1.807) is 11.8 Å². The molecule has 0 amide bonds. The average molecular weight is 294 g/mol. The maximum Gasteiger partial charge on any atom is 0.138 e. The summed E-state index contributed by atoms with van der Waals surface area (Å²) < 4.78 is 0. The molecule has 1 aromatic carbocycles. The SMILES string of the molecule is CSc1ccccc1Nc1ncnc(Cl)c1C(C)C. The van der Waals surface area contributed by atoms with Crippen LogP contribution in [-0.2, 0) is 0 Å². The Morgan fingerprint density at radius 2 is 1.95 bits per heavy atom. The zero-order chi connectivity index (χ0) is 13.8. The molecule has 0 aliphatic rings. The van der Waals surface area contributed by atoms with Crippen LogP contribution in [0, 0.1) is 0 Å². The topological polar surface area (TPSA) is 37.8 Å². The molecular weight excluding hydrogens is 278 g/mol. The first-order chi connectivity index (χ1) is 9.13. The number of thioether (sulfide) groups is 1. The Kier molecular flexibility index (Phi) is 4.66. The van der Waals surface area contributed by atoms with E-state index in [2.05, 4.69) is 41.5 Å². The van der Waals surface area contributed by atoms with Crippen LogP contribution < -0.4 is 5.32 Å². The highest BCUT2D eigenvalue weighted by molar-refractivity contribution is 7.98. The van der Waals surface area contributed by atoms with Gasteiger partial charge in [0.15, 0.2) is 0 Å². The Morgan fingerprint density at radius 3 is 2.63 bits per heavy atom. The van der Waals surface area contributed by atoms with Gasteiger partial charge in [-0.1, -0.05) is 37.6 Å². The lowest BCUT2D eigenvalue weighted by Crippen LogP contribution is -2.03. The molecule has 2 rings (SSSR count). The molecule has 100 valence electrons. The standard InChI is InChI=1S/C14H16ClN3S/c1-9(2)12-13(15)16-8-17-14(12)18-10-6-4-5-7-11(10)19-3/h4-9H,1-3H3,(H,16,17,18). The van der Waals surface area contributed by atoms with Gasteiger partial charge in [0, 0.05) is 10.5 Å². The number of nitrogens with one attached hydrogen (secondary N) is 1. The summed E-state index contributed by atoms with van der Waals surface area (Å²) in [6.45, 7) is 4.16. The van der Waals surface area contributed by atoms with Crippen LogP contribution >= 0.6 is 23.4 Å². The Hall–Kier alpha value is -1.26. The van der Waals surface area contributed by atoms with Crippen molar-refractivity contribution in [2.45, 2.75) is 24.7 Å². The number of halogens is 1. The molecule has 1 N–H and O–H groups in total. The average Bonchev–Trinajstić information content (AvgIpc) is 2.39.